The van der Waals surface area contributed by atoms with Gasteiger partial charge < -0.3 is 35.2 Å². The Hall–Kier alpha value is -2.56. The van der Waals surface area contributed by atoms with E-state index in [1.165, 1.54) is 4.90 Å². The number of rotatable bonds is 8. The van der Waals surface area contributed by atoms with Crippen LogP contribution in [0.2, 0.25) is 5.02 Å². The van der Waals surface area contributed by atoms with Gasteiger partial charge in [-0.2, -0.15) is 0 Å². The van der Waals surface area contributed by atoms with Crippen molar-refractivity contribution >= 4 is 35.3 Å². The highest BCUT2D eigenvalue weighted by Crippen LogP contribution is 2.53. The van der Waals surface area contributed by atoms with Crippen LogP contribution in [0, 0.1) is 5.41 Å². The van der Waals surface area contributed by atoms with Crippen LogP contribution in [0.25, 0.3) is 0 Å². The van der Waals surface area contributed by atoms with Crippen molar-refractivity contribution in [3.8, 4) is 0 Å². The van der Waals surface area contributed by atoms with Gasteiger partial charge in [-0.25, -0.2) is 9.59 Å². The number of ether oxygens (including phenoxy) is 1. The Balaban J connectivity index is 1.37. The minimum absolute atomic E-state index is 0.0688. The van der Waals surface area contributed by atoms with Crippen molar-refractivity contribution in [3.05, 3.63) is 29.3 Å². The number of piperazine rings is 1. The third-order valence-electron chi connectivity index (χ3n) is 7.93. The fourth-order valence-corrected chi connectivity index (χ4v) is 5.54. The van der Waals surface area contributed by atoms with E-state index in [-0.39, 0.29) is 36.1 Å². The summed E-state index contributed by atoms with van der Waals surface area (Å²) >= 11 is 6.02. The highest BCUT2D eigenvalue weighted by molar-refractivity contribution is 6.30. The number of halogens is 1. The maximum atomic E-state index is 13.4. The number of amides is 4. The van der Waals surface area contributed by atoms with Crippen LogP contribution in [-0.2, 0) is 9.53 Å². The van der Waals surface area contributed by atoms with E-state index < -0.39 is 12.1 Å². The van der Waals surface area contributed by atoms with Crippen LogP contribution < -0.4 is 10.6 Å². The lowest BCUT2D eigenvalue weighted by molar-refractivity contribution is -0.143. The predicted molar refractivity (Wildman–Crippen MR) is 141 cm³/mol. The van der Waals surface area contributed by atoms with Gasteiger partial charge in [0.25, 0.3) is 0 Å². The average Bonchev–Trinajstić information content (AvgIpc) is 3.64. The summed E-state index contributed by atoms with van der Waals surface area (Å²) in [4.78, 5) is 43.8. The highest BCUT2D eigenvalue weighted by Gasteiger charge is 2.51. The van der Waals surface area contributed by atoms with Gasteiger partial charge >= 0.3 is 12.1 Å². The van der Waals surface area contributed by atoms with Crippen LogP contribution in [-0.4, -0.2) is 102 Å². The zero-order valence-corrected chi connectivity index (χ0v) is 22.4. The van der Waals surface area contributed by atoms with Crippen molar-refractivity contribution in [3.63, 3.8) is 0 Å². The fourth-order valence-electron chi connectivity index (χ4n) is 5.35. The molecular formula is C26H38ClN5O5. The first kappa shape index (κ1) is 27.5. The molecular weight excluding hydrogens is 498 g/mol. The van der Waals surface area contributed by atoms with Gasteiger partial charge in [-0.3, -0.25) is 4.79 Å². The standard InChI is InChI=1S/C26H38ClN5O5/c1-3-28-25(36)37-17-21(7-11-30-12-10-26(8-9-26)22(33)16-30)32-14-13-31(18(2)23(32)34)24(35)29-20-6-4-5-19(27)15-20/h4-6,15,18,21-22,33H,3,7-14,16-17H2,1-2H3,(H,28,36)(H,29,35). The number of nitrogens with zero attached hydrogens (tertiary/aromatic N) is 3. The molecule has 1 saturated carbocycles. The van der Waals surface area contributed by atoms with Crippen molar-refractivity contribution in [2.45, 2.75) is 57.7 Å². The summed E-state index contributed by atoms with van der Waals surface area (Å²) in [6.07, 6.45) is 2.97. The minimum atomic E-state index is -0.675. The number of alkyl carbamates (subject to hydrolysis) is 1. The van der Waals surface area contributed by atoms with E-state index in [0.29, 0.717) is 49.9 Å². The number of likely N-dealkylation sites (tertiary alicyclic amines) is 1. The van der Waals surface area contributed by atoms with E-state index in [9.17, 15) is 19.5 Å². The SMILES string of the molecule is CCNC(=O)OCC(CCN1CCC2(CC2)C(O)C1)N1CCN(C(=O)Nc2cccc(Cl)c2)C(C)C1=O. The zero-order chi connectivity index (χ0) is 26.6. The number of urea groups is 1. The third kappa shape index (κ3) is 6.66. The molecule has 2 saturated heterocycles. The number of hydrogen-bond donors (Lipinski definition) is 3. The van der Waals surface area contributed by atoms with E-state index in [2.05, 4.69) is 15.5 Å². The number of aliphatic hydroxyl groups is 1. The molecule has 0 bridgehead atoms. The van der Waals surface area contributed by atoms with Crippen molar-refractivity contribution in [1.29, 1.82) is 0 Å². The van der Waals surface area contributed by atoms with Crippen LogP contribution in [0.4, 0.5) is 15.3 Å². The second-order valence-corrected chi connectivity index (χ2v) is 10.8. The molecule has 0 aromatic heterocycles. The molecule has 3 fully saturated rings. The second kappa shape index (κ2) is 11.9. The van der Waals surface area contributed by atoms with Gasteiger partial charge in [0.15, 0.2) is 0 Å². The smallest absolute Gasteiger partial charge is 0.407 e. The van der Waals surface area contributed by atoms with E-state index in [1.807, 2.05) is 6.92 Å². The van der Waals surface area contributed by atoms with Gasteiger partial charge in [0.05, 0.1) is 12.1 Å². The zero-order valence-electron chi connectivity index (χ0n) is 21.6. The van der Waals surface area contributed by atoms with Crippen LogP contribution in [0.1, 0.15) is 39.5 Å². The van der Waals surface area contributed by atoms with Crippen LogP contribution >= 0.6 is 11.6 Å². The molecule has 4 rings (SSSR count). The first-order valence-electron chi connectivity index (χ1n) is 13.2. The molecule has 204 valence electrons. The summed E-state index contributed by atoms with van der Waals surface area (Å²) < 4.78 is 5.43. The Morgan fingerprint density at radius 1 is 1.24 bits per heavy atom. The number of carbonyl (C=O) groups excluding carboxylic acids is 3. The number of nitrogens with one attached hydrogen (secondary N) is 2. The minimum Gasteiger partial charge on any atom is -0.447 e. The van der Waals surface area contributed by atoms with Gasteiger partial charge in [-0.15, -0.1) is 0 Å². The number of hydrogen-bond acceptors (Lipinski definition) is 6. The maximum Gasteiger partial charge on any atom is 0.407 e. The highest BCUT2D eigenvalue weighted by atomic mass is 35.5. The fraction of sp³-hybridized carbons (Fsp3) is 0.654. The lowest BCUT2D eigenvalue weighted by Gasteiger charge is -2.43. The second-order valence-electron chi connectivity index (χ2n) is 10.3. The molecule has 10 nitrogen and oxygen atoms in total. The maximum absolute atomic E-state index is 13.4. The van der Waals surface area contributed by atoms with Crippen LogP contribution in [0.5, 0.6) is 0 Å². The van der Waals surface area contributed by atoms with Crippen molar-refractivity contribution < 1.29 is 24.2 Å². The molecule has 2 aliphatic heterocycles. The number of carbonyl (C=O) groups is 3. The summed E-state index contributed by atoms with van der Waals surface area (Å²) in [5.41, 5.74) is 0.689. The largest absolute Gasteiger partial charge is 0.447 e. The van der Waals surface area contributed by atoms with E-state index >= 15 is 0 Å². The van der Waals surface area contributed by atoms with Crippen LogP contribution in [0.3, 0.4) is 0 Å². The first-order chi connectivity index (χ1) is 17.7. The molecule has 1 aromatic carbocycles. The van der Waals surface area contributed by atoms with Crippen molar-refractivity contribution in [1.82, 2.24) is 20.0 Å². The third-order valence-corrected chi connectivity index (χ3v) is 8.17. The van der Waals surface area contributed by atoms with Crippen molar-refractivity contribution in [2.75, 3.05) is 51.2 Å². The summed E-state index contributed by atoms with van der Waals surface area (Å²) in [5.74, 6) is -0.187. The summed E-state index contributed by atoms with van der Waals surface area (Å²) in [6, 6.07) is 5.49. The molecule has 37 heavy (non-hydrogen) atoms. The van der Waals surface area contributed by atoms with E-state index in [0.717, 1.165) is 25.8 Å². The van der Waals surface area contributed by atoms with Gasteiger partial charge in [0.2, 0.25) is 5.91 Å². The molecule has 2 heterocycles. The predicted octanol–water partition coefficient (Wildman–Crippen LogP) is 2.76. The first-order valence-corrected chi connectivity index (χ1v) is 13.5. The molecule has 3 atom stereocenters. The lowest BCUT2D eigenvalue weighted by atomic mass is 9.90. The Bertz CT molecular complexity index is 990. The van der Waals surface area contributed by atoms with Gasteiger partial charge in [0.1, 0.15) is 12.6 Å². The van der Waals surface area contributed by atoms with E-state index in [4.69, 9.17) is 16.3 Å². The van der Waals surface area contributed by atoms with Crippen LogP contribution in [0.15, 0.2) is 24.3 Å². The Morgan fingerprint density at radius 2 is 2.03 bits per heavy atom. The molecule has 3 unspecified atom stereocenters. The summed E-state index contributed by atoms with van der Waals surface area (Å²) in [5, 5.41) is 16.5. The molecule has 3 N–H and O–H groups in total. The molecule has 1 aliphatic carbocycles. The lowest BCUT2D eigenvalue weighted by Crippen LogP contribution is -2.61. The number of piperidine rings is 1. The number of benzene rings is 1. The molecule has 3 aliphatic rings. The molecule has 4 amide bonds. The molecule has 1 aromatic rings. The van der Waals surface area contributed by atoms with Gasteiger partial charge in [-0.05, 0) is 69.7 Å². The number of aliphatic hydroxyl groups excluding tert-OH is 1. The number of β-amino-alcohol motifs (C(OH)–C–C–N with tert-alkyl or cyclic N) is 1. The van der Waals surface area contributed by atoms with Crippen molar-refractivity contribution in [2.24, 2.45) is 5.41 Å². The van der Waals surface area contributed by atoms with Gasteiger partial charge in [0, 0.05) is 43.4 Å². The summed E-state index contributed by atoms with van der Waals surface area (Å²) in [6.45, 7) is 6.97. The normalized spacial score (nSPS) is 24.1. The monoisotopic (exact) mass is 535 g/mol. The summed E-state index contributed by atoms with van der Waals surface area (Å²) in [7, 11) is 0. The number of anilines is 1. The molecule has 0 radical (unpaired) electrons. The Kier molecular flexibility index (Phi) is 8.82. The quantitative estimate of drug-likeness (QED) is 0.471. The Morgan fingerprint density at radius 3 is 2.70 bits per heavy atom. The average molecular weight is 536 g/mol. The molecule has 11 heteroatoms. The van der Waals surface area contributed by atoms with Gasteiger partial charge in [-0.1, -0.05) is 17.7 Å². The van der Waals surface area contributed by atoms with E-state index in [1.54, 1.807) is 36.1 Å². The molecule has 1 spiro atoms. The Labute approximate surface area is 223 Å². The topological polar surface area (TPSA) is 114 Å².